The Kier molecular flexibility index (Phi) is 6.39. The highest BCUT2D eigenvalue weighted by Gasteiger charge is 2.26. The molecule has 1 atom stereocenters. The predicted molar refractivity (Wildman–Crippen MR) is 94.3 cm³/mol. The number of carbonyl (C=O) groups excluding carboxylic acids is 3. The Labute approximate surface area is 151 Å². The minimum atomic E-state index is -0.825. The molecule has 0 spiro atoms. The molecular weight excluding hydrogens is 346 g/mol. The summed E-state index contributed by atoms with van der Waals surface area (Å²) in [5.74, 6) is -0.985. The van der Waals surface area contributed by atoms with Gasteiger partial charge in [-0.15, -0.1) is 0 Å². The molecule has 1 aromatic rings. The van der Waals surface area contributed by atoms with Gasteiger partial charge in [0.2, 0.25) is 17.7 Å². The van der Waals surface area contributed by atoms with Gasteiger partial charge in [-0.05, 0) is 24.6 Å². The van der Waals surface area contributed by atoms with E-state index in [1.165, 1.54) is 16.7 Å². The van der Waals surface area contributed by atoms with Gasteiger partial charge in [0.05, 0.1) is 6.10 Å². The Balaban J connectivity index is 1.95. The third-order valence-corrected chi connectivity index (χ3v) is 4.32. The van der Waals surface area contributed by atoms with Crippen molar-refractivity contribution in [1.82, 2.24) is 9.80 Å². The highest BCUT2D eigenvalue weighted by molar-refractivity contribution is 6.31. The number of nitrogens with zero attached hydrogens (tertiary/aromatic N) is 2. The minimum Gasteiger partial charge on any atom is -0.389 e. The fourth-order valence-electron chi connectivity index (χ4n) is 2.68. The monoisotopic (exact) mass is 367 g/mol. The molecule has 1 saturated heterocycles. The first-order chi connectivity index (χ1) is 11.8. The van der Waals surface area contributed by atoms with Crippen molar-refractivity contribution in [2.75, 3.05) is 31.5 Å². The van der Waals surface area contributed by atoms with Gasteiger partial charge in [-0.3, -0.25) is 14.4 Å². The number of aryl methyl sites for hydroxylation is 1. The van der Waals surface area contributed by atoms with E-state index in [2.05, 4.69) is 5.32 Å². The molecule has 0 bridgehead atoms. The van der Waals surface area contributed by atoms with E-state index in [0.29, 0.717) is 23.8 Å². The van der Waals surface area contributed by atoms with E-state index in [4.69, 9.17) is 11.6 Å². The zero-order valence-corrected chi connectivity index (χ0v) is 15.0. The average Bonchev–Trinajstić information content (AvgIpc) is 2.72. The third-order valence-electron chi connectivity index (χ3n) is 4.09. The van der Waals surface area contributed by atoms with Crippen LogP contribution in [0, 0.1) is 6.92 Å². The quantitative estimate of drug-likeness (QED) is 0.781. The van der Waals surface area contributed by atoms with E-state index in [0.717, 1.165) is 5.56 Å². The first-order valence-corrected chi connectivity index (χ1v) is 8.41. The van der Waals surface area contributed by atoms with Gasteiger partial charge in [0.1, 0.15) is 6.42 Å². The Morgan fingerprint density at radius 2 is 1.88 bits per heavy atom. The van der Waals surface area contributed by atoms with E-state index in [1.807, 2.05) is 6.92 Å². The van der Waals surface area contributed by atoms with E-state index in [1.54, 1.807) is 18.2 Å². The number of benzene rings is 1. The van der Waals surface area contributed by atoms with Gasteiger partial charge in [0.15, 0.2) is 0 Å². The molecule has 0 radical (unpaired) electrons. The van der Waals surface area contributed by atoms with E-state index in [-0.39, 0.29) is 31.3 Å². The van der Waals surface area contributed by atoms with Gasteiger partial charge in [-0.1, -0.05) is 17.7 Å². The average molecular weight is 368 g/mol. The number of rotatable bonds is 3. The van der Waals surface area contributed by atoms with Crippen molar-refractivity contribution in [3.05, 3.63) is 28.8 Å². The molecule has 136 valence electrons. The molecular formula is C17H22ClN3O4. The van der Waals surface area contributed by atoms with Crippen LogP contribution in [0.3, 0.4) is 0 Å². The van der Waals surface area contributed by atoms with Crippen molar-refractivity contribution in [2.45, 2.75) is 26.4 Å². The number of anilines is 1. The largest absolute Gasteiger partial charge is 0.389 e. The van der Waals surface area contributed by atoms with E-state index >= 15 is 0 Å². The van der Waals surface area contributed by atoms with Crippen molar-refractivity contribution >= 4 is 35.0 Å². The molecule has 0 saturated carbocycles. The van der Waals surface area contributed by atoms with Crippen molar-refractivity contribution < 1.29 is 19.5 Å². The molecule has 7 nitrogen and oxygen atoms in total. The molecule has 2 rings (SSSR count). The molecule has 8 heteroatoms. The highest BCUT2D eigenvalue weighted by Crippen LogP contribution is 2.20. The van der Waals surface area contributed by atoms with Crippen molar-refractivity contribution in [3.8, 4) is 0 Å². The second-order valence-electron chi connectivity index (χ2n) is 6.14. The molecule has 1 fully saturated rings. The number of carbonyl (C=O) groups is 3. The Morgan fingerprint density at radius 1 is 1.24 bits per heavy atom. The van der Waals surface area contributed by atoms with E-state index < -0.39 is 12.0 Å². The van der Waals surface area contributed by atoms with Crippen LogP contribution in [-0.2, 0) is 14.4 Å². The molecule has 0 aromatic heterocycles. The first kappa shape index (κ1) is 19.2. The molecule has 25 heavy (non-hydrogen) atoms. The summed E-state index contributed by atoms with van der Waals surface area (Å²) < 4.78 is 0. The topological polar surface area (TPSA) is 90.0 Å². The Morgan fingerprint density at radius 3 is 2.56 bits per heavy atom. The Hall–Kier alpha value is -2.12. The van der Waals surface area contributed by atoms with Crippen LogP contribution < -0.4 is 5.32 Å². The molecule has 1 aliphatic heterocycles. The van der Waals surface area contributed by atoms with Gasteiger partial charge in [0, 0.05) is 43.8 Å². The maximum absolute atomic E-state index is 12.3. The van der Waals surface area contributed by atoms with Gasteiger partial charge >= 0.3 is 0 Å². The number of amides is 3. The normalized spacial score (nSPS) is 17.8. The maximum Gasteiger partial charge on any atom is 0.233 e. The summed E-state index contributed by atoms with van der Waals surface area (Å²) >= 11 is 5.91. The highest BCUT2D eigenvalue weighted by atomic mass is 35.5. The van der Waals surface area contributed by atoms with Crippen LogP contribution >= 0.6 is 11.6 Å². The number of nitrogens with one attached hydrogen (secondary N) is 1. The number of halogens is 1. The van der Waals surface area contributed by atoms with Crippen LogP contribution in [0.4, 0.5) is 5.69 Å². The summed E-state index contributed by atoms with van der Waals surface area (Å²) in [5.41, 5.74) is 1.40. The van der Waals surface area contributed by atoms with Crippen LogP contribution in [0.5, 0.6) is 0 Å². The maximum atomic E-state index is 12.3. The third kappa shape index (κ3) is 5.44. The van der Waals surface area contributed by atoms with Gasteiger partial charge < -0.3 is 20.2 Å². The fraction of sp³-hybridized carbons (Fsp3) is 0.471. The number of hydrogen-bond acceptors (Lipinski definition) is 4. The molecule has 1 unspecified atom stereocenters. The second-order valence-corrected chi connectivity index (χ2v) is 6.58. The lowest BCUT2D eigenvalue weighted by molar-refractivity contribution is -0.135. The first-order valence-electron chi connectivity index (χ1n) is 8.03. The molecule has 1 aromatic carbocycles. The van der Waals surface area contributed by atoms with Gasteiger partial charge in [-0.25, -0.2) is 0 Å². The van der Waals surface area contributed by atoms with Crippen LogP contribution in [-0.4, -0.2) is 64.9 Å². The number of β-amino-alcohol motifs (C(OH)–C–C–N with tert-alkyl or cyclic N) is 1. The molecule has 1 heterocycles. The smallest absolute Gasteiger partial charge is 0.233 e. The summed E-state index contributed by atoms with van der Waals surface area (Å²) in [7, 11) is 0. The van der Waals surface area contributed by atoms with Crippen molar-refractivity contribution in [2.24, 2.45) is 0 Å². The second kappa shape index (κ2) is 8.31. The summed E-state index contributed by atoms with van der Waals surface area (Å²) in [6, 6.07) is 5.12. The molecule has 3 amide bonds. The number of hydrogen-bond donors (Lipinski definition) is 2. The predicted octanol–water partition coefficient (Wildman–Crippen LogP) is 1.03. The molecule has 2 N–H and O–H groups in total. The standard InChI is InChI=1S/C17H22ClN3O4/c1-11-3-4-13(18)7-15(11)19-16(24)8-17(25)21-6-5-20(12(2)22)9-14(23)10-21/h3-4,7,14,23H,5-6,8-10H2,1-2H3,(H,19,24). The lowest BCUT2D eigenvalue weighted by Crippen LogP contribution is -2.39. The molecule has 0 aliphatic carbocycles. The summed E-state index contributed by atoms with van der Waals surface area (Å²) in [6.07, 6.45) is -1.16. The van der Waals surface area contributed by atoms with E-state index in [9.17, 15) is 19.5 Å². The van der Waals surface area contributed by atoms with Gasteiger partial charge in [0.25, 0.3) is 0 Å². The van der Waals surface area contributed by atoms with Crippen LogP contribution in [0.15, 0.2) is 18.2 Å². The fourth-order valence-corrected chi connectivity index (χ4v) is 2.85. The lowest BCUT2D eigenvalue weighted by atomic mass is 10.2. The zero-order valence-electron chi connectivity index (χ0n) is 14.3. The lowest BCUT2D eigenvalue weighted by Gasteiger charge is -2.21. The van der Waals surface area contributed by atoms with Crippen molar-refractivity contribution in [1.29, 1.82) is 0 Å². The summed E-state index contributed by atoms with van der Waals surface area (Å²) in [5, 5.41) is 13.1. The number of aliphatic hydroxyl groups is 1. The zero-order chi connectivity index (χ0) is 18.6. The minimum absolute atomic E-state index is 0.103. The Bertz CT molecular complexity index is 680. The van der Waals surface area contributed by atoms with Crippen LogP contribution in [0.2, 0.25) is 5.02 Å². The van der Waals surface area contributed by atoms with Crippen molar-refractivity contribution in [3.63, 3.8) is 0 Å². The summed E-state index contributed by atoms with van der Waals surface area (Å²) in [4.78, 5) is 38.8. The van der Waals surface area contributed by atoms with Crippen LogP contribution in [0.1, 0.15) is 18.9 Å². The van der Waals surface area contributed by atoms with Crippen LogP contribution in [0.25, 0.3) is 0 Å². The number of aliphatic hydroxyl groups excluding tert-OH is 1. The van der Waals surface area contributed by atoms with Gasteiger partial charge in [-0.2, -0.15) is 0 Å². The summed E-state index contributed by atoms with van der Waals surface area (Å²) in [6.45, 7) is 4.17. The molecule has 1 aliphatic rings. The SMILES string of the molecule is CC(=O)N1CCN(C(=O)CC(=O)Nc2cc(Cl)ccc2C)CC(O)C1.